The van der Waals surface area contributed by atoms with E-state index in [1.165, 1.54) is 26.0 Å². The van der Waals surface area contributed by atoms with E-state index in [1.54, 1.807) is 39.0 Å². The summed E-state index contributed by atoms with van der Waals surface area (Å²) in [6.07, 6.45) is -9.13. The molecule has 1 saturated heterocycles. The van der Waals surface area contributed by atoms with Gasteiger partial charge in [-0.3, -0.25) is 9.59 Å². The van der Waals surface area contributed by atoms with Gasteiger partial charge in [-0.25, -0.2) is 9.59 Å². The number of ketones is 1. The standard InChI is InChI=1S/C47H54O13/c1-27(31-18-12-8-13-19-31)38(57-26-55-24-30-16-10-7-11-17-30)43(53)58-33-23-47(54)41(59-42(52)32-20-14-9-15-21-32)39-45(6,40(51)37(50)36(28(33)2)44(47,4)5)34(49)22-35-46(39,25-56-35)60-29(3)48/h7-21,27,33-35,37-39,41,49-50,54H,22-26H2,1-6H3/t27?,33-,34-,35+,37+,38+,39?,41-,45+,46-,47+/m0/s1. The van der Waals surface area contributed by atoms with Gasteiger partial charge < -0.3 is 43.7 Å². The van der Waals surface area contributed by atoms with Gasteiger partial charge in [0.05, 0.1) is 36.2 Å². The Morgan fingerprint density at radius 1 is 0.900 bits per heavy atom. The molecule has 0 radical (unpaired) electrons. The first-order valence-electron chi connectivity index (χ1n) is 20.4. The number of esters is 3. The third-order valence-electron chi connectivity index (χ3n) is 13.6. The van der Waals surface area contributed by atoms with Crippen molar-refractivity contribution in [2.75, 3.05) is 13.4 Å². The first-order valence-corrected chi connectivity index (χ1v) is 20.4. The number of benzene rings is 3. The minimum atomic E-state index is -2.25. The fourth-order valence-corrected chi connectivity index (χ4v) is 10.2. The first kappa shape index (κ1) is 43.3. The van der Waals surface area contributed by atoms with Gasteiger partial charge in [0.2, 0.25) is 0 Å². The van der Waals surface area contributed by atoms with Crippen LogP contribution in [0.1, 0.15) is 81.8 Å². The monoisotopic (exact) mass is 826 g/mol. The number of Topliss-reactive ketones (excluding diaryl/α,β-unsaturated/α-hetero) is 1. The molecule has 11 atom stereocenters. The number of ether oxygens (including phenoxy) is 6. The highest BCUT2D eigenvalue weighted by Crippen LogP contribution is 2.64. The maximum absolute atomic E-state index is 15.1. The van der Waals surface area contributed by atoms with Gasteiger partial charge >= 0.3 is 17.9 Å². The van der Waals surface area contributed by atoms with Crippen molar-refractivity contribution < 1.29 is 62.9 Å². The van der Waals surface area contributed by atoms with Crippen molar-refractivity contribution >= 4 is 23.7 Å². The Balaban J connectivity index is 1.32. The first-order chi connectivity index (χ1) is 28.5. The molecular weight excluding hydrogens is 773 g/mol. The molecule has 2 unspecified atom stereocenters. The molecular formula is C47H54O13. The fourth-order valence-electron chi connectivity index (χ4n) is 10.2. The molecule has 60 heavy (non-hydrogen) atoms. The highest BCUT2D eigenvalue weighted by molar-refractivity contribution is 5.94. The smallest absolute Gasteiger partial charge is 0.338 e. The van der Waals surface area contributed by atoms with Gasteiger partial charge in [-0.05, 0) is 48.3 Å². The molecule has 2 bridgehead atoms. The van der Waals surface area contributed by atoms with Crippen LogP contribution in [0.25, 0.3) is 0 Å². The third-order valence-corrected chi connectivity index (χ3v) is 13.6. The summed E-state index contributed by atoms with van der Waals surface area (Å²) in [5.74, 6) is -5.24. The molecule has 2 saturated carbocycles. The number of aliphatic hydroxyl groups is 3. The second kappa shape index (κ2) is 16.6. The number of carbonyl (C=O) groups excluding carboxylic acids is 4. The largest absolute Gasteiger partial charge is 0.456 e. The van der Waals surface area contributed by atoms with Crippen molar-refractivity contribution in [1.82, 2.24) is 0 Å². The lowest BCUT2D eigenvalue weighted by molar-refractivity contribution is -0.346. The van der Waals surface area contributed by atoms with Crippen molar-refractivity contribution in [3.8, 4) is 0 Å². The SMILES string of the molecule is CC(=O)O[C@@]12CO[C@@H]1C[C@H](O)[C@@]1(C)C(=O)[C@H](O)C3=C(C)[C@@H](OC(=O)[C@H](OCOCc4ccccc4)C(C)c4ccccc4)C[C@@](O)([C@@H](OC(=O)c4ccccc4)C12)C3(C)C. The van der Waals surface area contributed by atoms with Gasteiger partial charge in [-0.1, -0.05) is 99.6 Å². The molecule has 13 nitrogen and oxygen atoms in total. The Kier molecular flexibility index (Phi) is 12.0. The Labute approximate surface area is 349 Å². The number of aliphatic hydroxyl groups excluding tert-OH is 2. The third kappa shape index (κ3) is 7.28. The van der Waals surface area contributed by atoms with Crippen LogP contribution in [0.5, 0.6) is 0 Å². The second-order valence-electron chi connectivity index (χ2n) is 17.3. The van der Waals surface area contributed by atoms with E-state index in [2.05, 4.69) is 0 Å². The molecule has 3 aromatic carbocycles. The highest BCUT2D eigenvalue weighted by atomic mass is 16.7. The average Bonchev–Trinajstić information content (AvgIpc) is 3.22. The molecule has 320 valence electrons. The van der Waals surface area contributed by atoms with E-state index in [1.807, 2.05) is 67.6 Å². The number of hydrogen-bond acceptors (Lipinski definition) is 13. The highest BCUT2D eigenvalue weighted by Gasteiger charge is 2.78. The summed E-state index contributed by atoms with van der Waals surface area (Å²) in [6, 6.07) is 26.8. The van der Waals surface area contributed by atoms with Gasteiger partial charge in [0.25, 0.3) is 0 Å². The van der Waals surface area contributed by atoms with E-state index in [4.69, 9.17) is 28.4 Å². The molecule has 7 rings (SSSR count). The van der Waals surface area contributed by atoms with Crippen molar-refractivity contribution in [2.24, 2.45) is 16.7 Å². The zero-order valence-corrected chi connectivity index (χ0v) is 34.7. The van der Waals surface area contributed by atoms with Gasteiger partial charge in [-0.15, -0.1) is 0 Å². The van der Waals surface area contributed by atoms with E-state index in [0.717, 1.165) is 11.1 Å². The zero-order valence-electron chi connectivity index (χ0n) is 34.7. The van der Waals surface area contributed by atoms with Crippen LogP contribution in [0.4, 0.5) is 0 Å². The second-order valence-corrected chi connectivity index (χ2v) is 17.3. The summed E-state index contributed by atoms with van der Waals surface area (Å²) in [7, 11) is 0. The molecule has 0 spiro atoms. The number of rotatable bonds is 12. The summed E-state index contributed by atoms with van der Waals surface area (Å²) < 4.78 is 36.6. The maximum atomic E-state index is 15.1. The van der Waals surface area contributed by atoms with E-state index in [0.29, 0.717) is 5.57 Å². The van der Waals surface area contributed by atoms with Crippen LogP contribution in [0.15, 0.2) is 102 Å². The molecule has 0 aromatic heterocycles. The van der Waals surface area contributed by atoms with E-state index >= 15 is 4.79 Å². The molecule has 3 N–H and O–H groups in total. The van der Waals surface area contributed by atoms with Crippen molar-refractivity contribution in [3.05, 3.63) is 119 Å². The molecule has 4 aliphatic rings. The van der Waals surface area contributed by atoms with Crippen LogP contribution in [-0.2, 0) is 49.4 Å². The molecule has 3 aromatic rings. The van der Waals surface area contributed by atoms with Crippen LogP contribution in [-0.4, -0.2) is 100 Å². The minimum Gasteiger partial charge on any atom is -0.456 e. The van der Waals surface area contributed by atoms with E-state index < -0.39 is 101 Å². The normalized spacial score (nSPS) is 32.8. The molecule has 13 heteroatoms. The fraction of sp³-hybridized carbons (Fsp3) is 0.489. The zero-order chi connectivity index (χ0) is 43.2. The van der Waals surface area contributed by atoms with Gasteiger partial charge in [-0.2, -0.15) is 0 Å². The van der Waals surface area contributed by atoms with Crippen molar-refractivity contribution in [2.45, 2.75) is 115 Å². The molecule has 1 heterocycles. The van der Waals surface area contributed by atoms with E-state index in [-0.39, 0.29) is 37.6 Å². The Morgan fingerprint density at radius 3 is 2.12 bits per heavy atom. The molecule has 0 amide bonds. The lowest BCUT2D eigenvalue weighted by Gasteiger charge is -2.67. The van der Waals surface area contributed by atoms with Crippen molar-refractivity contribution in [3.63, 3.8) is 0 Å². The van der Waals surface area contributed by atoms with Crippen molar-refractivity contribution in [1.29, 1.82) is 0 Å². The Bertz CT molecular complexity index is 2100. The summed E-state index contributed by atoms with van der Waals surface area (Å²) in [5.41, 5.74) is -5.29. The predicted octanol–water partition coefficient (Wildman–Crippen LogP) is 5.00. The van der Waals surface area contributed by atoms with E-state index in [9.17, 15) is 29.7 Å². The summed E-state index contributed by atoms with van der Waals surface area (Å²) in [4.78, 5) is 56.7. The quantitative estimate of drug-likeness (QED) is 0.0730. The Morgan fingerprint density at radius 2 is 1.52 bits per heavy atom. The summed E-state index contributed by atoms with van der Waals surface area (Å²) in [5, 5.41) is 37.8. The topological polar surface area (TPSA) is 184 Å². The average molecular weight is 827 g/mol. The van der Waals surface area contributed by atoms with Crippen LogP contribution < -0.4 is 0 Å². The van der Waals surface area contributed by atoms with Crippen LogP contribution in [0.2, 0.25) is 0 Å². The molecule has 3 fully saturated rings. The molecule has 3 aliphatic carbocycles. The van der Waals surface area contributed by atoms with Crippen LogP contribution in [0.3, 0.4) is 0 Å². The summed E-state index contributed by atoms with van der Waals surface area (Å²) >= 11 is 0. The Hall–Kier alpha value is -4.76. The number of hydrogen-bond donors (Lipinski definition) is 3. The number of fused-ring (bicyclic) bond motifs is 5. The maximum Gasteiger partial charge on any atom is 0.338 e. The van der Waals surface area contributed by atoms with Gasteiger partial charge in [0.15, 0.2) is 17.5 Å². The van der Waals surface area contributed by atoms with Gasteiger partial charge in [0, 0.05) is 31.1 Å². The molecule has 1 aliphatic heterocycles. The predicted molar refractivity (Wildman–Crippen MR) is 215 cm³/mol. The lowest BCUT2D eigenvalue weighted by Crippen LogP contribution is -2.81. The summed E-state index contributed by atoms with van der Waals surface area (Å²) in [6.45, 7) is 9.01. The van der Waals surface area contributed by atoms with Crippen LogP contribution in [0, 0.1) is 16.7 Å². The number of carbonyl (C=O) groups is 4. The minimum absolute atomic E-state index is 0.0416. The lowest BCUT2D eigenvalue weighted by atomic mass is 9.44. The van der Waals surface area contributed by atoms with Gasteiger partial charge in [0.1, 0.15) is 36.8 Å². The van der Waals surface area contributed by atoms with Crippen LogP contribution >= 0.6 is 0 Å².